The topological polar surface area (TPSA) is 81.9 Å². The summed E-state index contributed by atoms with van der Waals surface area (Å²) in [5.74, 6) is 0.237. The number of anilines is 2. The van der Waals surface area contributed by atoms with Crippen molar-refractivity contribution >= 4 is 23.4 Å². The number of carbonyl (C=O) groups is 2. The number of esters is 1. The number of ether oxygens (including phenoxy) is 2. The number of aromatic nitrogens is 1. The van der Waals surface area contributed by atoms with E-state index in [4.69, 9.17) is 14.0 Å². The first-order valence-corrected chi connectivity index (χ1v) is 11.8. The van der Waals surface area contributed by atoms with Gasteiger partial charge >= 0.3 is 12.1 Å². The van der Waals surface area contributed by atoms with Crippen LogP contribution in [-0.2, 0) is 20.7 Å². The minimum atomic E-state index is -0.504. The molecule has 0 aliphatic rings. The van der Waals surface area contributed by atoms with E-state index in [2.05, 4.69) is 5.16 Å². The normalized spacial score (nSPS) is 10.6. The number of hydrogen-bond donors (Lipinski definition) is 0. The van der Waals surface area contributed by atoms with Crippen molar-refractivity contribution in [2.24, 2.45) is 0 Å². The summed E-state index contributed by atoms with van der Waals surface area (Å²) in [6.07, 6.45) is -0.255. The number of carbonyl (C=O) groups excluding carboxylic acids is 2. The Kier molecular flexibility index (Phi) is 7.80. The lowest BCUT2D eigenvalue weighted by Crippen LogP contribution is -2.27. The molecule has 7 heteroatoms. The van der Waals surface area contributed by atoms with Gasteiger partial charge in [-0.3, -0.25) is 4.79 Å². The van der Waals surface area contributed by atoms with E-state index in [0.717, 1.165) is 22.3 Å². The first kappa shape index (κ1) is 24.7. The van der Waals surface area contributed by atoms with Crippen LogP contribution < -0.4 is 4.90 Å². The predicted molar refractivity (Wildman–Crippen MR) is 138 cm³/mol. The molecule has 0 saturated carbocycles. The summed E-state index contributed by atoms with van der Waals surface area (Å²) in [7, 11) is 0. The van der Waals surface area contributed by atoms with Gasteiger partial charge in [0.05, 0.1) is 25.3 Å². The smallest absolute Gasteiger partial charge is 0.419 e. The van der Waals surface area contributed by atoms with Crippen LogP contribution in [0.15, 0.2) is 83.4 Å². The molecule has 4 aromatic rings. The van der Waals surface area contributed by atoms with Gasteiger partial charge in [0.15, 0.2) is 5.76 Å². The third-order valence-corrected chi connectivity index (χ3v) is 5.61. The Hall–Kier alpha value is -4.39. The number of hydrogen-bond acceptors (Lipinski definition) is 6. The Morgan fingerprint density at radius 3 is 2.00 bits per heavy atom. The molecule has 0 aliphatic carbocycles. The number of aryl methyl sites for hydroxylation is 1. The van der Waals surface area contributed by atoms with Gasteiger partial charge in [-0.15, -0.1) is 0 Å². The Balaban J connectivity index is 1.63. The van der Waals surface area contributed by atoms with Gasteiger partial charge in [0, 0.05) is 5.56 Å². The molecule has 0 atom stereocenters. The fourth-order valence-electron chi connectivity index (χ4n) is 3.92. The molecule has 0 aliphatic heterocycles. The van der Waals surface area contributed by atoms with E-state index in [9.17, 15) is 9.59 Å². The minimum Gasteiger partial charge on any atom is -0.466 e. The summed E-state index contributed by atoms with van der Waals surface area (Å²) >= 11 is 0. The quantitative estimate of drug-likeness (QED) is 0.258. The minimum absolute atomic E-state index is 0.236. The van der Waals surface area contributed by atoms with E-state index in [1.807, 2.05) is 78.9 Å². The molecule has 0 fully saturated rings. The molecular formula is C29H28N2O5. The Morgan fingerprint density at radius 2 is 1.39 bits per heavy atom. The molecule has 184 valence electrons. The zero-order valence-electron chi connectivity index (χ0n) is 20.6. The van der Waals surface area contributed by atoms with Gasteiger partial charge in [0.2, 0.25) is 0 Å². The van der Waals surface area contributed by atoms with Crippen LogP contribution in [0, 0.1) is 6.92 Å². The van der Waals surface area contributed by atoms with Gasteiger partial charge in [0.25, 0.3) is 0 Å². The van der Waals surface area contributed by atoms with E-state index in [1.165, 1.54) is 4.90 Å². The highest BCUT2D eigenvalue weighted by Gasteiger charge is 2.28. The van der Waals surface area contributed by atoms with Gasteiger partial charge in [-0.1, -0.05) is 71.9 Å². The molecule has 1 amide bonds. The van der Waals surface area contributed by atoms with Crippen LogP contribution in [0.5, 0.6) is 0 Å². The molecule has 36 heavy (non-hydrogen) atoms. The molecule has 1 heterocycles. The standard InChI is InChI=1S/C29H28N2O5/c1-4-34-26(32)19-21-11-13-22(14-12-21)23-15-17-24(18-16-23)28-27(20(3)30-36-28)31(29(33)35-5-2)25-9-7-6-8-10-25/h6-18H,4-5,19H2,1-3H3. The molecule has 0 unspecified atom stereocenters. The van der Waals surface area contributed by atoms with E-state index in [0.29, 0.717) is 29.4 Å². The van der Waals surface area contributed by atoms with E-state index in [-0.39, 0.29) is 19.0 Å². The second kappa shape index (κ2) is 11.4. The molecule has 3 aromatic carbocycles. The van der Waals surface area contributed by atoms with Crippen molar-refractivity contribution in [1.29, 1.82) is 0 Å². The highest BCUT2D eigenvalue weighted by molar-refractivity contribution is 6.00. The van der Waals surface area contributed by atoms with E-state index >= 15 is 0 Å². The lowest BCUT2D eigenvalue weighted by molar-refractivity contribution is -0.142. The van der Waals surface area contributed by atoms with Crippen LogP contribution in [-0.4, -0.2) is 30.4 Å². The molecule has 0 saturated heterocycles. The predicted octanol–water partition coefficient (Wildman–Crippen LogP) is 6.72. The third-order valence-electron chi connectivity index (χ3n) is 5.61. The second-order valence-corrected chi connectivity index (χ2v) is 8.07. The maximum Gasteiger partial charge on any atom is 0.419 e. The van der Waals surface area contributed by atoms with Crippen LogP contribution in [0.1, 0.15) is 25.1 Å². The zero-order chi connectivity index (χ0) is 25.5. The maximum atomic E-state index is 13.0. The summed E-state index contributed by atoms with van der Waals surface area (Å²) < 4.78 is 16.0. The van der Waals surface area contributed by atoms with Gasteiger partial charge in [0.1, 0.15) is 11.4 Å². The average Bonchev–Trinajstić information content (AvgIpc) is 3.26. The van der Waals surface area contributed by atoms with Crippen molar-refractivity contribution in [3.8, 4) is 22.5 Å². The summed E-state index contributed by atoms with van der Waals surface area (Å²) in [5.41, 5.74) is 5.46. The summed E-state index contributed by atoms with van der Waals surface area (Å²) in [4.78, 5) is 26.2. The molecule has 7 nitrogen and oxygen atoms in total. The van der Waals surface area contributed by atoms with Crippen LogP contribution in [0.25, 0.3) is 22.5 Å². The van der Waals surface area contributed by atoms with Crippen molar-refractivity contribution in [1.82, 2.24) is 5.16 Å². The number of amides is 1. The van der Waals surface area contributed by atoms with Crippen molar-refractivity contribution in [2.45, 2.75) is 27.2 Å². The summed E-state index contributed by atoms with van der Waals surface area (Å²) in [5, 5.41) is 4.15. The largest absolute Gasteiger partial charge is 0.466 e. The molecule has 1 aromatic heterocycles. The zero-order valence-corrected chi connectivity index (χ0v) is 20.6. The Labute approximate surface area is 210 Å². The fraction of sp³-hybridized carbons (Fsp3) is 0.207. The number of benzene rings is 3. The monoisotopic (exact) mass is 484 g/mol. The maximum absolute atomic E-state index is 13.0. The fourth-order valence-corrected chi connectivity index (χ4v) is 3.92. The van der Waals surface area contributed by atoms with Crippen LogP contribution in [0.3, 0.4) is 0 Å². The van der Waals surface area contributed by atoms with Gasteiger partial charge < -0.3 is 14.0 Å². The molecule has 0 spiro atoms. The van der Waals surface area contributed by atoms with Gasteiger partial charge in [-0.05, 0) is 49.6 Å². The highest BCUT2D eigenvalue weighted by atomic mass is 16.6. The lowest BCUT2D eigenvalue weighted by atomic mass is 10.0. The van der Waals surface area contributed by atoms with Crippen LogP contribution in [0.2, 0.25) is 0 Å². The van der Waals surface area contributed by atoms with E-state index < -0.39 is 6.09 Å². The third kappa shape index (κ3) is 5.46. The molecular weight excluding hydrogens is 456 g/mol. The van der Waals surface area contributed by atoms with Gasteiger partial charge in [-0.25, -0.2) is 9.69 Å². The van der Waals surface area contributed by atoms with Crippen LogP contribution in [0.4, 0.5) is 16.2 Å². The van der Waals surface area contributed by atoms with Crippen LogP contribution >= 0.6 is 0 Å². The van der Waals surface area contributed by atoms with E-state index in [1.54, 1.807) is 20.8 Å². The molecule has 0 radical (unpaired) electrons. The van der Waals surface area contributed by atoms with Gasteiger partial charge in [-0.2, -0.15) is 0 Å². The SMILES string of the molecule is CCOC(=O)Cc1ccc(-c2ccc(-c3onc(C)c3N(C(=O)OCC)c3ccccc3)cc2)cc1. The number of rotatable bonds is 8. The Morgan fingerprint density at radius 1 is 0.806 bits per heavy atom. The number of para-hydroxylation sites is 1. The number of nitrogens with zero attached hydrogens (tertiary/aromatic N) is 2. The highest BCUT2D eigenvalue weighted by Crippen LogP contribution is 2.39. The van der Waals surface area contributed by atoms with Crippen molar-refractivity contribution in [3.63, 3.8) is 0 Å². The molecule has 4 rings (SSSR count). The second-order valence-electron chi connectivity index (χ2n) is 8.07. The first-order valence-electron chi connectivity index (χ1n) is 11.8. The van der Waals surface area contributed by atoms with Crippen molar-refractivity contribution in [2.75, 3.05) is 18.1 Å². The first-order chi connectivity index (χ1) is 17.5. The average molecular weight is 485 g/mol. The summed E-state index contributed by atoms with van der Waals surface area (Å²) in [6.45, 7) is 5.98. The summed E-state index contributed by atoms with van der Waals surface area (Å²) in [6, 6.07) is 24.9. The Bertz CT molecular complexity index is 1310. The van der Waals surface area contributed by atoms with Crippen molar-refractivity contribution in [3.05, 3.63) is 90.1 Å². The lowest BCUT2D eigenvalue weighted by Gasteiger charge is -2.22. The molecule has 0 N–H and O–H groups in total. The molecule has 0 bridgehead atoms. The van der Waals surface area contributed by atoms with Crippen molar-refractivity contribution < 1.29 is 23.6 Å².